The van der Waals surface area contributed by atoms with Crippen molar-refractivity contribution in [1.82, 2.24) is 10.4 Å². The minimum Gasteiger partial charge on any atom is -0.507 e. The predicted molar refractivity (Wildman–Crippen MR) is 121 cm³/mol. The second kappa shape index (κ2) is 12.2. The van der Waals surface area contributed by atoms with Gasteiger partial charge in [-0.25, -0.2) is 10.2 Å². The number of rotatable bonds is 7. The summed E-state index contributed by atoms with van der Waals surface area (Å²) in [5.74, 6) is -0.328. The number of phenols is 1. The summed E-state index contributed by atoms with van der Waals surface area (Å²) < 4.78 is 10.5. The molecule has 0 atom stereocenters. The minimum atomic E-state index is -1.16. The molecule has 33 heavy (non-hydrogen) atoms. The number of ether oxygens (including phenoxy) is 2. The summed E-state index contributed by atoms with van der Waals surface area (Å²) in [5.41, 5.74) is 13.9. The van der Waals surface area contributed by atoms with Gasteiger partial charge in [0.05, 0.1) is 7.11 Å². The van der Waals surface area contributed by atoms with Crippen LogP contribution in [0.15, 0.2) is 72.1 Å². The van der Waals surface area contributed by atoms with E-state index < -0.39 is 5.97 Å². The van der Waals surface area contributed by atoms with E-state index in [9.17, 15) is 9.59 Å². The van der Waals surface area contributed by atoms with Gasteiger partial charge in [0, 0.05) is 29.7 Å². The lowest BCUT2D eigenvalue weighted by molar-refractivity contribution is 0.0693. The molecule has 3 rings (SSSR count). The molecule has 1 heterocycles. The molecule has 0 unspecified atom stereocenters. The number of carboxylic acids is 1. The maximum Gasteiger partial charge on any atom is 0.339 e. The van der Waals surface area contributed by atoms with E-state index in [0.717, 1.165) is 5.75 Å². The number of aromatic hydroxyl groups is 1. The molecule has 1 aromatic heterocycles. The van der Waals surface area contributed by atoms with Crippen LogP contribution in [0, 0.1) is 0 Å². The molecule has 0 bridgehead atoms. The molecule has 0 saturated carbocycles. The maximum atomic E-state index is 11.7. The van der Waals surface area contributed by atoms with E-state index >= 15 is 0 Å². The second-order valence-corrected chi connectivity index (χ2v) is 6.33. The van der Waals surface area contributed by atoms with E-state index in [-0.39, 0.29) is 29.7 Å². The van der Waals surface area contributed by atoms with Crippen molar-refractivity contribution < 1.29 is 29.3 Å². The fourth-order valence-electron chi connectivity index (χ4n) is 2.28. The average molecular weight is 453 g/mol. The molecule has 2 aromatic carbocycles. The number of carbonyl (C=O) groups is 2. The summed E-state index contributed by atoms with van der Waals surface area (Å²) in [6.45, 7) is 0.0585. The van der Waals surface area contributed by atoms with Crippen molar-refractivity contribution >= 4 is 23.4 Å². The molecule has 11 nitrogen and oxygen atoms in total. The third-order valence-electron chi connectivity index (χ3n) is 3.94. The number of amidine groups is 1. The summed E-state index contributed by atoms with van der Waals surface area (Å²) >= 11 is 0. The van der Waals surface area contributed by atoms with Gasteiger partial charge < -0.3 is 31.2 Å². The first-order valence-corrected chi connectivity index (χ1v) is 9.41. The van der Waals surface area contributed by atoms with E-state index in [4.69, 9.17) is 31.2 Å². The number of nitrogens with zero attached hydrogens (tertiary/aromatic N) is 2. The molecule has 7 N–H and O–H groups in total. The lowest BCUT2D eigenvalue weighted by Crippen LogP contribution is -2.27. The SMILES string of the molecule is COc1ccc(OC/C(N)=N\NC(=O)c2ccncc2)cc1.Nc1ccc(C(=O)O)c(O)c1. The standard InChI is InChI=1S/C15H16N4O3.C7H7NO3/c1-21-12-2-4-13(5-3-12)22-10-14(16)18-19-15(20)11-6-8-17-9-7-11;8-4-1-2-5(7(10)11)6(9)3-4/h2-9H,10H2,1H3,(H2,16,18)(H,19,20);1-3,9H,8H2,(H,10,11). The number of aromatic carboxylic acids is 1. The lowest BCUT2D eigenvalue weighted by Gasteiger charge is -2.07. The number of methoxy groups -OCH3 is 1. The largest absolute Gasteiger partial charge is 0.507 e. The highest BCUT2D eigenvalue weighted by atomic mass is 16.5. The van der Waals surface area contributed by atoms with Gasteiger partial charge in [0.25, 0.3) is 5.91 Å². The van der Waals surface area contributed by atoms with Crippen LogP contribution in [0.3, 0.4) is 0 Å². The number of carboxylic acid groups (broad SMARTS) is 1. The summed E-state index contributed by atoms with van der Waals surface area (Å²) in [6.07, 6.45) is 3.05. The number of nitrogen functional groups attached to an aromatic ring is 1. The van der Waals surface area contributed by atoms with Gasteiger partial charge >= 0.3 is 5.97 Å². The number of aromatic nitrogens is 1. The number of hydrogen-bond acceptors (Lipinski definition) is 8. The topological polar surface area (TPSA) is 182 Å². The van der Waals surface area contributed by atoms with Crippen LogP contribution in [-0.4, -0.2) is 46.6 Å². The van der Waals surface area contributed by atoms with Gasteiger partial charge in [-0.05, 0) is 48.5 Å². The molecule has 0 aliphatic heterocycles. The molecule has 0 spiro atoms. The normalized spacial score (nSPS) is 10.4. The Bertz CT molecular complexity index is 1100. The quantitative estimate of drug-likeness (QED) is 0.154. The zero-order valence-corrected chi connectivity index (χ0v) is 17.6. The molecule has 0 radical (unpaired) electrons. The van der Waals surface area contributed by atoms with Crippen molar-refractivity contribution in [2.24, 2.45) is 10.8 Å². The highest BCUT2D eigenvalue weighted by Gasteiger charge is 2.08. The van der Waals surface area contributed by atoms with Crippen LogP contribution in [0.5, 0.6) is 17.2 Å². The van der Waals surface area contributed by atoms with Gasteiger partial charge in [0.2, 0.25) is 0 Å². The molecular weight excluding hydrogens is 430 g/mol. The molecule has 3 aromatic rings. The summed E-state index contributed by atoms with van der Waals surface area (Å²) in [6, 6.07) is 14.1. The van der Waals surface area contributed by atoms with Crippen molar-refractivity contribution in [1.29, 1.82) is 0 Å². The monoisotopic (exact) mass is 453 g/mol. The Kier molecular flexibility index (Phi) is 9.01. The van der Waals surface area contributed by atoms with Crippen molar-refractivity contribution in [2.45, 2.75) is 0 Å². The van der Waals surface area contributed by atoms with Crippen LogP contribution < -0.4 is 26.4 Å². The van der Waals surface area contributed by atoms with E-state index in [1.165, 1.54) is 30.6 Å². The number of benzene rings is 2. The highest BCUT2D eigenvalue weighted by molar-refractivity contribution is 5.95. The lowest BCUT2D eigenvalue weighted by atomic mass is 10.2. The van der Waals surface area contributed by atoms with Crippen molar-refractivity contribution in [3.63, 3.8) is 0 Å². The molecule has 1 amide bonds. The summed E-state index contributed by atoms with van der Waals surface area (Å²) in [5, 5.41) is 21.2. The number of carbonyl (C=O) groups excluding carboxylic acids is 1. The Hall–Kier alpha value is -4.80. The predicted octanol–water partition coefficient (Wildman–Crippen LogP) is 1.84. The maximum absolute atomic E-state index is 11.7. The van der Waals surface area contributed by atoms with E-state index in [1.807, 2.05) is 0 Å². The Morgan fingerprint density at radius 1 is 1.06 bits per heavy atom. The number of hydrazone groups is 1. The van der Waals surface area contributed by atoms with Crippen LogP contribution in [0.4, 0.5) is 5.69 Å². The van der Waals surface area contributed by atoms with Crippen molar-refractivity contribution in [2.75, 3.05) is 19.5 Å². The zero-order chi connectivity index (χ0) is 24.2. The van der Waals surface area contributed by atoms with Crippen molar-refractivity contribution in [3.8, 4) is 17.2 Å². The van der Waals surface area contributed by atoms with Gasteiger partial charge in [-0.15, -0.1) is 0 Å². The molecule has 0 saturated heterocycles. The van der Waals surface area contributed by atoms with Crippen molar-refractivity contribution in [3.05, 3.63) is 78.1 Å². The summed E-state index contributed by atoms with van der Waals surface area (Å²) in [7, 11) is 1.59. The third-order valence-corrected chi connectivity index (χ3v) is 3.94. The van der Waals surface area contributed by atoms with Gasteiger partial charge in [-0.1, -0.05) is 0 Å². The molecule has 0 fully saturated rings. The first kappa shape index (κ1) is 24.5. The number of nitrogens with one attached hydrogen (secondary N) is 1. The van der Waals surface area contributed by atoms with Crippen LogP contribution in [0.1, 0.15) is 20.7 Å². The first-order chi connectivity index (χ1) is 15.8. The van der Waals surface area contributed by atoms with Crippen LogP contribution >= 0.6 is 0 Å². The number of hydrogen-bond donors (Lipinski definition) is 5. The summed E-state index contributed by atoms with van der Waals surface area (Å²) in [4.78, 5) is 25.9. The smallest absolute Gasteiger partial charge is 0.339 e. The fraction of sp³-hybridized carbons (Fsp3) is 0.0909. The Labute approximate surface area is 189 Å². The second-order valence-electron chi connectivity index (χ2n) is 6.33. The zero-order valence-electron chi connectivity index (χ0n) is 17.6. The molecule has 0 aliphatic carbocycles. The van der Waals surface area contributed by atoms with E-state index in [0.29, 0.717) is 17.0 Å². The van der Waals surface area contributed by atoms with Gasteiger partial charge in [-0.3, -0.25) is 9.78 Å². The first-order valence-electron chi connectivity index (χ1n) is 9.41. The highest BCUT2D eigenvalue weighted by Crippen LogP contribution is 2.19. The third kappa shape index (κ3) is 8.09. The molecular formula is C22H23N5O6. The van der Waals surface area contributed by atoms with Gasteiger partial charge in [0.1, 0.15) is 29.4 Å². The Morgan fingerprint density at radius 3 is 2.27 bits per heavy atom. The molecule has 172 valence electrons. The Morgan fingerprint density at radius 2 is 1.70 bits per heavy atom. The van der Waals surface area contributed by atoms with E-state index in [2.05, 4.69) is 15.5 Å². The van der Waals surface area contributed by atoms with Gasteiger partial charge in [0.15, 0.2) is 5.84 Å². The number of nitrogens with two attached hydrogens (primary N) is 2. The van der Waals surface area contributed by atoms with Gasteiger partial charge in [-0.2, -0.15) is 5.10 Å². The Balaban J connectivity index is 0.000000294. The van der Waals surface area contributed by atoms with Crippen LogP contribution in [0.2, 0.25) is 0 Å². The van der Waals surface area contributed by atoms with Crippen LogP contribution in [-0.2, 0) is 0 Å². The average Bonchev–Trinajstić information content (AvgIpc) is 2.82. The van der Waals surface area contributed by atoms with E-state index in [1.54, 1.807) is 43.5 Å². The number of anilines is 1. The fourth-order valence-corrected chi connectivity index (χ4v) is 2.28. The number of pyridine rings is 1. The molecule has 0 aliphatic rings. The molecule has 11 heteroatoms. The number of amides is 1. The van der Waals surface area contributed by atoms with Crippen LogP contribution in [0.25, 0.3) is 0 Å². The minimum absolute atomic E-state index is 0.0585.